The first-order valence-electron chi connectivity index (χ1n) is 17.9. The summed E-state index contributed by atoms with van der Waals surface area (Å²) in [5.74, 6) is 3.59. The maximum atomic E-state index is 6.48. The van der Waals surface area contributed by atoms with Crippen LogP contribution in [0.3, 0.4) is 0 Å². The lowest BCUT2D eigenvalue weighted by Crippen LogP contribution is -2.12. The SMILES string of the molecule is Cc1nc(N(c2ccccc2)c2ccc3oc4ccc(N(c5ccccc5)c5nc(C)n(-c6ccccc6)c5C)cc4c3c2)c(C)n1-c1ccccc1. The van der Waals surface area contributed by atoms with E-state index < -0.39 is 0 Å². The summed E-state index contributed by atoms with van der Waals surface area (Å²) in [5, 5.41) is 2.04. The molecule has 258 valence electrons. The van der Waals surface area contributed by atoms with Gasteiger partial charge in [-0.2, -0.15) is 0 Å². The van der Waals surface area contributed by atoms with Crippen LogP contribution in [0.4, 0.5) is 34.4 Å². The Balaban J connectivity index is 1.21. The molecule has 53 heavy (non-hydrogen) atoms. The number of fused-ring (bicyclic) bond motifs is 3. The summed E-state index contributed by atoms with van der Waals surface area (Å²) in [4.78, 5) is 14.8. The van der Waals surface area contributed by atoms with Crippen LogP contribution in [0.1, 0.15) is 23.0 Å². The maximum absolute atomic E-state index is 6.48. The number of benzene rings is 6. The zero-order valence-corrected chi connectivity index (χ0v) is 30.1. The highest BCUT2D eigenvalue weighted by Crippen LogP contribution is 2.43. The molecule has 3 aromatic heterocycles. The number of hydrogen-bond acceptors (Lipinski definition) is 5. The number of aryl methyl sites for hydroxylation is 2. The van der Waals surface area contributed by atoms with Crippen molar-refractivity contribution in [2.45, 2.75) is 27.7 Å². The summed E-state index contributed by atoms with van der Waals surface area (Å²) in [6.07, 6.45) is 0. The van der Waals surface area contributed by atoms with E-state index >= 15 is 0 Å². The highest BCUT2D eigenvalue weighted by atomic mass is 16.3. The van der Waals surface area contributed by atoms with Gasteiger partial charge < -0.3 is 4.42 Å². The van der Waals surface area contributed by atoms with E-state index in [4.69, 9.17) is 14.4 Å². The van der Waals surface area contributed by atoms with E-state index in [1.54, 1.807) is 0 Å². The molecule has 0 saturated carbocycles. The highest BCUT2D eigenvalue weighted by molar-refractivity contribution is 6.08. The second kappa shape index (κ2) is 13.0. The number of furan rings is 1. The van der Waals surface area contributed by atoms with E-state index in [1.165, 1.54) is 0 Å². The molecule has 0 saturated heterocycles. The van der Waals surface area contributed by atoms with Crippen molar-refractivity contribution in [2.24, 2.45) is 0 Å². The molecule has 0 spiro atoms. The third-order valence-corrected chi connectivity index (χ3v) is 9.93. The molecular formula is C46H38N6O. The lowest BCUT2D eigenvalue weighted by molar-refractivity contribution is 0.669. The predicted octanol–water partition coefficient (Wildman–Crippen LogP) is 12.1. The molecule has 0 aliphatic rings. The summed E-state index contributed by atoms with van der Waals surface area (Å²) in [6, 6.07) is 54.5. The zero-order chi connectivity index (χ0) is 36.1. The molecule has 0 radical (unpaired) electrons. The Kier molecular flexibility index (Phi) is 7.89. The second-order valence-electron chi connectivity index (χ2n) is 13.3. The van der Waals surface area contributed by atoms with Gasteiger partial charge in [0.15, 0.2) is 11.6 Å². The molecule has 0 fully saturated rings. The number of rotatable bonds is 8. The van der Waals surface area contributed by atoms with Crippen LogP contribution in [-0.4, -0.2) is 19.1 Å². The van der Waals surface area contributed by atoms with Crippen LogP contribution in [0.2, 0.25) is 0 Å². The van der Waals surface area contributed by atoms with Gasteiger partial charge in [0.25, 0.3) is 0 Å². The van der Waals surface area contributed by atoms with E-state index in [-0.39, 0.29) is 0 Å². The predicted molar refractivity (Wildman–Crippen MR) is 216 cm³/mol. The summed E-state index contributed by atoms with van der Waals surface area (Å²) in [7, 11) is 0. The molecule has 0 aliphatic carbocycles. The first-order chi connectivity index (χ1) is 26.0. The number of anilines is 6. The minimum atomic E-state index is 0.822. The van der Waals surface area contributed by atoms with E-state index in [0.29, 0.717) is 0 Å². The minimum absolute atomic E-state index is 0.822. The van der Waals surface area contributed by atoms with Gasteiger partial charge >= 0.3 is 0 Å². The van der Waals surface area contributed by atoms with E-state index in [2.05, 4.69) is 180 Å². The molecule has 0 bridgehead atoms. The molecule has 9 rings (SSSR count). The summed E-state index contributed by atoms with van der Waals surface area (Å²) >= 11 is 0. The molecule has 6 aromatic carbocycles. The Morgan fingerprint density at radius 3 is 1.15 bits per heavy atom. The Bertz CT molecular complexity index is 2520. The fourth-order valence-electron chi connectivity index (χ4n) is 7.57. The van der Waals surface area contributed by atoms with Crippen LogP contribution in [0.15, 0.2) is 162 Å². The lowest BCUT2D eigenvalue weighted by Gasteiger charge is -2.24. The van der Waals surface area contributed by atoms with Crippen molar-refractivity contribution in [3.05, 3.63) is 181 Å². The van der Waals surface area contributed by atoms with Gasteiger partial charge in [0.05, 0.1) is 11.4 Å². The smallest absolute Gasteiger partial charge is 0.159 e. The fraction of sp³-hybridized carbons (Fsp3) is 0.0870. The van der Waals surface area contributed by atoms with Gasteiger partial charge in [-0.25, -0.2) is 9.97 Å². The van der Waals surface area contributed by atoms with Crippen LogP contribution in [0.5, 0.6) is 0 Å². The Labute approximate surface area is 308 Å². The minimum Gasteiger partial charge on any atom is -0.456 e. The first-order valence-corrected chi connectivity index (χ1v) is 17.9. The van der Waals surface area contributed by atoms with Crippen LogP contribution in [0.25, 0.3) is 33.3 Å². The van der Waals surface area contributed by atoms with E-state index in [1.807, 2.05) is 24.3 Å². The van der Waals surface area contributed by atoms with Gasteiger partial charge in [-0.1, -0.05) is 72.8 Å². The van der Waals surface area contributed by atoms with Crippen molar-refractivity contribution >= 4 is 56.3 Å². The molecule has 0 amide bonds. The summed E-state index contributed by atoms with van der Waals surface area (Å²) in [5.41, 5.74) is 9.95. The average molecular weight is 691 g/mol. The molecule has 0 N–H and O–H groups in total. The van der Waals surface area contributed by atoms with Gasteiger partial charge in [-0.05, 0) is 113 Å². The van der Waals surface area contributed by atoms with Crippen LogP contribution in [-0.2, 0) is 0 Å². The van der Waals surface area contributed by atoms with E-state index in [0.717, 1.165) is 90.7 Å². The van der Waals surface area contributed by atoms with Gasteiger partial charge in [-0.3, -0.25) is 18.9 Å². The van der Waals surface area contributed by atoms with Crippen molar-refractivity contribution in [2.75, 3.05) is 9.80 Å². The van der Waals surface area contributed by atoms with E-state index in [9.17, 15) is 0 Å². The molecule has 7 heteroatoms. The van der Waals surface area contributed by atoms with Crippen LogP contribution >= 0.6 is 0 Å². The third-order valence-electron chi connectivity index (χ3n) is 9.93. The first kappa shape index (κ1) is 32.1. The largest absolute Gasteiger partial charge is 0.456 e. The Hall–Kier alpha value is -6.86. The number of imidazole rings is 2. The molecule has 9 aromatic rings. The summed E-state index contributed by atoms with van der Waals surface area (Å²) in [6.45, 7) is 8.39. The average Bonchev–Trinajstić information content (AvgIpc) is 3.81. The monoisotopic (exact) mass is 690 g/mol. The van der Waals surface area contributed by atoms with Crippen molar-refractivity contribution in [1.29, 1.82) is 0 Å². The molecule has 0 atom stereocenters. The second-order valence-corrected chi connectivity index (χ2v) is 13.3. The van der Waals surface area contributed by atoms with Gasteiger partial charge in [0.2, 0.25) is 0 Å². The molecular weight excluding hydrogens is 653 g/mol. The van der Waals surface area contributed by atoms with Crippen molar-refractivity contribution in [3.8, 4) is 11.4 Å². The normalized spacial score (nSPS) is 11.4. The van der Waals surface area contributed by atoms with Gasteiger partial charge in [0, 0.05) is 44.9 Å². The lowest BCUT2D eigenvalue weighted by atomic mass is 10.1. The molecule has 0 aliphatic heterocycles. The fourth-order valence-corrected chi connectivity index (χ4v) is 7.57. The Morgan fingerprint density at radius 2 is 0.774 bits per heavy atom. The van der Waals surface area contributed by atoms with Crippen molar-refractivity contribution < 1.29 is 4.42 Å². The standard InChI is InChI=1S/C46H38N6O/c1-31-45(47-33(3)49(31)35-17-9-5-10-18-35)51(37-21-13-7-14-22-37)39-25-27-43-41(29-39)42-30-40(26-28-44(42)53-43)52(38-23-15-8-16-24-38)46-32(2)50(34(4)48-46)36-19-11-6-12-20-36/h5-30H,1-4H3. The quantitative estimate of drug-likeness (QED) is 0.159. The highest BCUT2D eigenvalue weighted by Gasteiger charge is 2.25. The topological polar surface area (TPSA) is 55.3 Å². The zero-order valence-electron chi connectivity index (χ0n) is 30.1. The van der Waals surface area contributed by atoms with Gasteiger partial charge in [0.1, 0.15) is 22.8 Å². The van der Waals surface area contributed by atoms with Crippen molar-refractivity contribution in [3.63, 3.8) is 0 Å². The molecule has 3 heterocycles. The van der Waals surface area contributed by atoms with Crippen molar-refractivity contribution in [1.82, 2.24) is 19.1 Å². The van der Waals surface area contributed by atoms with Crippen LogP contribution < -0.4 is 9.80 Å². The third kappa shape index (κ3) is 5.54. The maximum Gasteiger partial charge on any atom is 0.159 e. The molecule has 7 nitrogen and oxygen atoms in total. The van der Waals surface area contributed by atoms with Crippen LogP contribution in [0, 0.1) is 27.7 Å². The number of aromatic nitrogens is 4. The number of para-hydroxylation sites is 4. The summed E-state index contributed by atoms with van der Waals surface area (Å²) < 4.78 is 10.9. The van der Waals surface area contributed by atoms with Gasteiger partial charge in [-0.15, -0.1) is 0 Å². The molecule has 0 unspecified atom stereocenters. The number of nitrogens with zero attached hydrogens (tertiary/aromatic N) is 6. The Morgan fingerprint density at radius 1 is 0.415 bits per heavy atom. The number of hydrogen-bond donors (Lipinski definition) is 0.